The molecule has 0 amide bonds. The maximum atomic E-state index is 11.1. The maximum Gasteiger partial charge on any atom is 0.309 e. The topological polar surface area (TPSA) is 38.7 Å². The largest absolute Gasteiger partial charge is 0.469 e. The van der Waals surface area contributed by atoms with E-state index < -0.39 is 0 Å². The second-order valence-corrected chi connectivity index (χ2v) is 3.57. The van der Waals surface area contributed by atoms with E-state index in [1.807, 2.05) is 6.26 Å². The number of thioether (sulfide) groups is 1. The van der Waals surface area contributed by atoms with E-state index in [9.17, 15) is 4.79 Å². The van der Waals surface area contributed by atoms with Crippen molar-refractivity contribution < 1.29 is 9.53 Å². The summed E-state index contributed by atoms with van der Waals surface area (Å²) in [6.45, 7) is 0.760. The minimum absolute atomic E-state index is 0.0370. The number of rotatable bonds is 1. The minimum Gasteiger partial charge on any atom is -0.469 e. The smallest absolute Gasteiger partial charge is 0.309 e. The molecule has 1 unspecified atom stereocenters. The van der Waals surface area contributed by atoms with Crippen molar-refractivity contribution in [3.63, 3.8) is 0 Å². The van der Waals surface area contributed by atoms with Crippen LogP contribution >= 0.6 is 11.8 Å². The van der Waals surface area contributed by atoms with Crippen molar-refractivity contribution >= 4 is 22.8 Å². The predicted octanol–water partition coefficient (Wildman–Crippen LogP) is 1.33. The average molecular weight is 187 g/mol. The highest BCUT2D eigenvalue weighted by Crippen LogP contribution is 2.20. The van der Waals surface area contributed by atoms with Crippen LogP contribution in [-0.2, 0) is 9.53 Å². The van der Waals surface area contributed by atoms with Gasteiger partial charge in [0, 0.05) is 13.0 Å². The van der Waals surface area contributed by atoms with Crippen LogP contribution in [0.2, 0.25) is 0 Å². The van der Waals surface area contributed by atoms with Crippen LogP contribution in [0.5, 0.6) is 0 Å². The zero-order valence-corrected chi connectivity index (χ0v) is 8.19. The van der Waals surface area contributed by atoms with Gasteiger partial charge in [-0.05, 0) is 12.7 Å². The fraction of sp³-hybridized carbons (Fsp3) is 0.750. The predicted molar refractivity (Wildman–Crippen MR) is 50.6 cm³/mol. The molecule has 0 fully saturated rings. The van der Waals surface area contributed by atoms with E-state index >= 15 is 0 Å². The third-order valence-corrected chi connectivity index (χ3v) is 2.72. The molecular weight excluding hydrogens is 174 g/mol. The van der Waals surface area contributed by atoms with Crippen molar-refractivity contribution in [2.45, 2.75) is 12.8 Å². The zero-order chi connectivity index (χ0) is 8.97. The van der Waals surface area contributed by atoms with E-state index in [0.717, 1.165) is 24.4 Å². The van der Waals surface area contributed by atoms with Crippen LogP contribution in [0.25, 0.3) is 0 Å². The van der Waals surface area contributed by atoms with Gasteiger partial charge in [-0.1, -0.05) is 0 Å². The normalized spacial score (nSPS) is 23.2. The maximum absolute atomic E-state index is 11.1. The minimum atomic E-state index is -0.101. The number of esters is 1. The Bertz CT molecular complexity index is 203. The Hall–Kier alpha value is -0.510. The van der Waals surface area contributed by atoms with E-state index in [-0.39, 0.29) is 11.9 Å². The first-order chi connectivity index (χ1) is 5.77. The first kappa shape index (κ1) is 9.58. The van der Waals surface area contributed by atoms with Gasteiger partial charge < -0.3 is 4.74 Å². The van der Waals surface area contributed by atoms with Crippen LogP contribution in [0.15, 0.2) is 4.99 Å². The van der Waals surface area contributed by atoms with Crippen molar-refractivity contribution in [2.24, 2.45) is 10.9 Å². The number of nitrogens with zero attached hydrogens (tertiary/aromatic N) is 1. The quantitative estimate of drug-likeness (QED) is 0.581. The molecule has 0 aromatic rings. The Morgan fingerprint density at radius 2 is 2.50 bits per heavy atom. The van der Waals surface area contributed by atoms with Crippen molar-refractivity contribution in [3.8, 4) is 0 Å². The van der Waals surface area contributed by atoms with E-state index in [0.29, 0.717) is 0 Å². The van der Waals surface area contributed by atoms with Gasteiger partial charge in [0.2, 0.25) is 0 Å². The molecule has 3 nitrogen and oxygen atoms in total. The van der Waals surface area contributed by atoms with E-state index in [2.05, 4.69) is 9.73 Å². The van der Waals surface area contributed by atoms with Gasteiger partial charge in [0.15, 0.2) is 0 Å². The molecule has 1 rings (SSSR count). The molecule has 4 heteroatoms. The number of hydrogen-bond donors (Lipinski definition) is 0. The lowest BCUT2D eigenvalue weighted by Crippen LogP contribution is -2.23. The number of carbonyl (C=O) groups excluding carboxylic acids is 1. The summed E-state index contributed by atoms with van der Waals surface area (Å²) in [7, 11) is 1.44. The lowest BCUT2D eigenvalue weighted by Gasteiger charge is -2.18. The lowest BCUT2D eigenvalue weighted by atomic mass is 10.0. The van der Waals surface area contributed by atoms with Crippen LogP contribution < -0.4 is 0 Å². The summed E-state index contributed by atoms with van der Waals surface area (Å²) >= 11 is 1.62. The molecule has 0 N–H and O–H groups in total. The molecule has 12 heavy (non-hydrogen) atoms. The first-order valence-electron chi connectivity index (χ1n) is 3.93. The number of carbonyl (C=O) groups is 1. The Labute approximate surface area is 76.6 Å². The van der Waals surface area contributed by atoms with Crippen molar-refractivity contribution in [1.29, 1.82) is 0 Å². The zero-order valence-electron chi connectivity index (χ0n) is 7.37. The molecule has 0 aromatic heterocycles. The van der Waals surface area contributed by atoms with Gasteiger partial charge in [0.05, 0.1) is 18.1 Å². The first-order valence-corrected chi connectivity index (χ1v) is 5.15. The van der Waals surface area contributed by atoms with Crippen LogP contribution in [-0.4, -0.2) is 30.9 Å². The van der Waals surface area contributed by atoms with Crippen LogP contribution in [0.1, 0.15) is 12.8 Å². The molecule has 1 heterocycles. The van der Waals surface area contributed by atoms with E-state index in [1.54, 1.807) is 11.8 Å². The summed E-state index contributed by atoms with van der Waals surface area (Å²) < 4.78 is 4.68. The second kappa shape index (κ2) is 4.50. The SMILES string of the molecule is COC(=O)C1CCN=C(SC)C1. The molecule has 0 aromatic carbocycles. The van der Waals surface area contributed by atoms with Crippen LogP contribution in [0.4, 0.5) is 0 Å². The van der Waals surface area contributed by atoms with Crippen molar-refractivity contribution in [3.05, 3.63) is 0 Å². The van der Waals surface area contributed by atoms with Gasteiger partial charge in [0.25, 0.3) is 0 Å². The Morgan fingerprint density at radius 1 is 1.75 bits per heavy atom. The molecule has 0 radical (unpaired) electrons. The Balaban J connectivity index is 2.51. The second-order valence-electron chi connectivity index (χ2n) is 2.69. The molecule has 0 bridgehead atoms. The fourth-order valence-corrected chi connectivity index (χ4v) is 1.83. The van der Waals surface area contributed by atoms with E-state index in [4.69, 9.17) is 0 Å². The van der Waals surface area contributed by atoms with E-state index in [1.165, 1.54) is 7.11 Å². The van der Waals surface area contributed by atoms with Gasteiger partial charge in [-0.3, -0.25) is 9.79 Å². The summed E-state index contributed by atoms with van der Waals surface area (Å²) in [4.78, 5) is 15.4. The molecule has 0 saturated carbocycles. The lowest BCUT2D eigenvalue weighted by molar-refractivity contribution is -0.145. The molecule has 0 saturated heterocycles. The van der Waals surface area contributed by atoms with Crippen molar-refractivity contribution in [2.75, 3.05) is 19.9 Å². The number of methoxy groups -OCH3 is 1. The van der Waals surface area contributed by atoms with Crippen LogP contribution in [0, 0.1) is 5.92 Å². The Morgan fingerprint density at radius 3 is 3.08 bits per heavy atom. The average Bonchev–Trinajstić information content (AvgIpc) is 2.17. The van der Waals surface area contributed by atoms with Crippen molar-refractivity contribution in [1.82, 2.24) is 0 Å². The van der Waals surface area contributed by atoms with Crippen LogP contribution in [0.3, 0.4) is 0 Å². The highest BCUT2D eigenvalue weighted by Gasteiger charge is 2.23. The summed E-state index contributed by atoms with van der Waals surface area (Å²) in [5.74, 6) is -0.0635. The number of hydrogen-bond acceptors (Lipinski definition) is 4. The molecule has 1 aliphatic rings. The molecule has 1 atom stereocenters. The molecule has 0 spiro atoms. The third kappa shape index (κ3) is 2.24. The Kier molecular flexibility index (Phi) is 3.59. The van der Waals surface area contributed by atoms with Gasteiger partial charge in [0.1, 0.15) is 0 Å². The molecular formula is C8H13NO2S. The highest BCUT2D eigenvalue weighted by molar-refractivity contribution is 8.13. The number of ether oxygens (including phenoxy) is 1. The van der Waals surface area contributed by atoms with Gasteiger partial charge in [-0.15, -0.1) is 11.8 Å². The van der Waals surface area contributed by atoms with Gasteiger partial charge >= 0.3 is 5.97 Å². The summed E-state index contributed by atoms with van der Waals surface area (Å²) in [6.07, 6.45) is 3.57. The van der Waals surface area contributed by atoms with Gasteiger partial charge in [-0.25, -0.2) is 0 Å². The highest BCUT2D eigenvalue weighted by atomic mass is 32.2. The number of aliphatic imine (C=N–C) groups is 1. The molecule has 0 aliphatic carbocycles. The standard InChI is InChI=1S/C8H13NO2S/c1-11-8(10)6-3-4-9-7(5-6)12-2/h6H,3-5H2,1-2H3. The molecule has 1 aliphatic heterocycles. The summed E-state index contributed by atoms with van der Waals surface area (Å²) in [5, 5.41) is 1.07. The third-order valence-electron chi connectivity index (χ3n) is 1.96. The van der Waals surface area contributed by atoms with Gasteiger partial charge in [-0.2, -0.15) is 0 Å². The summed E-state index contributed by atoms with van der Waals surface area (Å²) in [6, 6.07) is 0. The monoisotopic (exact) mass is 187 g/mol. The molecule has 68 valence electrons. The summed E-state index contributed by atoms with van der Waals surface area (Å²) in [5.41, 5.74) is 0. The fourth-order valence-electron chi connectivity index (χ4n) is 1.24.